The van der Waals surface area contributed by atoms with Crippen LogP contribution < -0.4 is 16.4 Å². The molecule has 12 heteroatoms. The smallest absolute Gasteiger partial charge is 0.319 e. The summed E-state index contributed by atoms with van der Waals surface area (Å²) < 4.78 is 51.7. The highest BCUT2D eigenvalue weighted by atomic mass is 32.3. The number of aromatic nitrogens is 1. The minimum atomic E-state index is -4.32. The number of urea groups is 1. The van der Waals surface area contributed by atoms with Crippen LogP contribution in [-0.2, 0) is 26.6 Å². The molecule has 4 N–H and O–H groups in total. The fourth-order valence-electron chi connectivity index (χ4n) is 3.71. The van der Waals surface area contributed by atoms with E-state index < -0.39 is 32.1 Å². The van der Waals surface area contributed by atoms with E-state index in [4.69, 9.17) is 5.73 Å². The maximum absolute atomic E-state index is 13.2. The number of benzene rings is 1. The molecule has 2 aromatic rings. The van der Waals surface area contributed by atoms with Gasteiger partial charge in [-0.15, -0.1) is 0 Å². The summed E-state index contributed by atoms with van der Waals surface area (Å²) in [6.45, 7) is 0.277. The predicted octanol–water partition coefficient (Wildman–Crippen LogP) is 1.62. The third kappa shape index (κ3) is 6.03. The molecular formula is C20H27N5O5S2. The van der Waals surface area contributed by atoms with E-state index in [1.54, 1.807) is 18.5 Å². The second-order valence-corrected chi connectivity index (χ2v) is 11.7. The van der Waals surface area contributed by atoms with Gasteiger partial charge in [0.2, 0.25) is 10.0 Å². The molecule has 1 saturated carbocycles. The summed E-state index contributed by atoms with van der Waals surface area (Å²) in [6.07, 6.45) is 6.24. The molecule has 1 fully saturated rings. The Hall–Kier alpha value is -2.54. The summed E-state index contributed by atoms with van der Waals surface area (Å²) in [5, 5.41) is 5.28. The average molecular weight is 482 g/mol. The number of amides is 2. The number of hydrogen-bond acceptors (Lipinski definition) is 7. The van der Waals surface area contributed by atoms with Gasteiger partial charge in [-0.05, 0) is 55.2 Å². The first-order valence-electron chi connectivity index (χ1n) is 10.1. The van der Waals surface area contributed by atoms with E-state index in [0.717, 1.165) is 18.2 Å². The zero-order valence-corrected chi connectivity index (χ0v) is 19.3. The molecule has 2 unspecified atom stereocenters. The molecule has 1 aliphatic rings. The van der Waals surface area contributed by atoms with E-state index in [1.165, 1.54) is 24.3 Å². The first kappa shape index (κ1) is 24.1. The average Bonchev–Trinajstić information content (AvgIpc) is 2.72. The fourth-order valence-corrected chi connectivity index (χ4v) is 7.40. The van der Waals surface area contributed by atoms with E-state index in [1.807, 2.05) is 6.07 Å². The topological polar surface area (TPSA) is 152 Å². The highest BCUT2D eigenvalue weighted by Crippen LogP contribution is 2.30. The number of carbonyl (C=O) groups is 1. The SMILES string of the molecule is CS(=O)(=O)N(C1CCCC(N)C1)S(=O)(=O)c1ccc(NC(=O)NCc2cccnc2)cc1. The normalized spacial score (nSPS) is 19.5. The lowest BCUT2D eigenvalue weighted by Gasteiger charge is -2.33. The van der Waals surface area contributed by atoms with E-state index in [9.17, 15) is 21.6 Å². The Kier molecular flexibility index (Phi) is 7.49. The van der Waals surface area contributed by atoms with Gasteiger partial charge < -0.3 is 16.4 Å². The van der Waals surface area contributed by atoms with Gasteiger partial charge in [-0.2, -0.15) is 0 Å². The third-order valence-corrected chi connectivity index (χ3v) is 9.13. The van der Waals surface area contributed by atoms with Gasteiger partial charge in [-0.3, -0.25) is 4.98 Å². The zero-order chi connectivity index (χ0) is 23.4. The summed E-state index contributed by atoms with van der Waals surface area (Å²) in [6, 6.07) is 7.50. The van der Waals surface area contributed by atoms with Crippen molar-refractivity contribution in [3.8, 4) is 0 Å². The van der Waals surface area contributed by atoms with Crippen molar-refractivity contribution in [3.63, 3.8) is 0 Å². The van der Waals surface area contributed by atoms with Crippen molar-refractivity contribution in [2.24, 2.45) is 5.73 Å². The lowest BCUT2D eigenvalue weighted by atomic mass is 9.92. The highest BCUT2D eigenvalue weighted by molar-refractivity contribution is 8.03. The van der Waals surface area contributed by atoms with Crippen LogP contribution in [0.25, 0.3) is 0 Å². The molecule has 2 atom stereocenters. The molecular weight excluding hydrogens is 454 g/mol. The van der Waals surface area contributed by atoms with Gasteiger partial charge >= 0.3 is 6.03 Å². The lowest BCUT2D eigenvalue weighted by molar-refractivity contribution is 0.251. The highest BCUT2D eigenvalue weighted by Gasteiger charge is 2.40. The fraction of sp³-hybridized carbons (Fsp3) is 0.400. The Labute approximate surface area is 188 Å². The molecule has 0 saturated heterocycles. The molecule has 1 aromatic heterocycles. The Morgan fingerprint density at radius 3 is 2.47 bits per heavy atom. The Balaban J connectivity index is 1.72. The number of nitrogens with two attached hydrogens (primary N) is 1. The predicted molar refractivity (Wildman–Crippen MR) is 121 cm³/mol. The molecule has 1 heterocycles. The maximum atomic E-state index is 13.2. The van der Waals surface area contributed by atoms with E-state index in [2.05, 4.69) is 15.6 Å². The van der Waals surface area contributed by atoms with Gasteiger partial charge in [0, 0.05) is 36.7 Å². The van der Waals surface area contributed by atoms with Crippen molar-refractivity contribution < 1.29 is 21.6 Å². The quantitative estimate of drug-likeness (QED) is 0.543. The Morgan fingerprint density at radius 2 is 1.88 bits per heavy atom. The van der Waals surface area contributed by atoms with Crippen molar-refractivity contribution in [1.29, 1.82) is 0 Å². The second-order valence-electron chi connectivity index (χ2n) is 7.77. The summed E-state index contributed by atoms with van der Waals surface area (Å²) in [7, 11) is -8.37. The molecule has 0 bridgehead atoms. The molecule has 1 aromatic carbocycles. The summed E-state index contributed by atoms with van der Waals surface area (Å²) in [4.78, 5) is 15.9. The molecule has 0 radical (unpaired) electrons. The number of carbonyl (C=O) groups excluding carboxylic acids is 1. The molecule has 174 valence electrons. The van der Waals surface area contributed by atoms with Crippen molar-refractivity contribution in [1.82, 2.24) is 14.0 Å². The number of nitrogens with one attached hydrogen (secondary N) is 2. The molecule has 1 aliphatic carbocycles. The molecule has 0 spiro atoms. The van der Waals surface area contributed by atoms with Gasteiger partial charge in [-0.1, -0.05) is 16.2 Å². The summed E-state index contributed by atoms with van der Waals surface area (Å²) in [5.74, 6) is 0. The van der Waals surface area contributed by atoms with Gasteiger partial charge in [0.15, 0.2) is 0 Å². The third-order valence-electron chi connectivity index (χ3n) is 5.13. The van der Waals surface area contributed by atoms with E-state index in [0.29, 0.717) is 22.2 Å². The van der Waals surface area contributed by atoms with Crippen LogP contribution in [0.4, 0.5) is 10.5 Å². The van der Waals surface area contributed by atoms with E-state index in [-0.39, 0.29) is 23.9 Å². The van der Waals surface area contributed by atoms with Crippen LogP contribution >= 0.6 is 0 Å². The monoisotopic (exact) mass is 481 g/mol. The van der Waals surface area contributed by atoms with Crippen LogP contribution in [0.15, 0.2) is 53.7 Å². The Morgan fingerprint density at radius 1 is 1.16 bits per heavy atom. The van der Waals surface area contributed by atoms with Crippen LogP contribution in [0, 0.1) is 0 Å². The molecule has 2 amide bonds. The number of sulfonamides is 2. The van der Waals surface area contributed by atoms with Crippen LogP contribution in [0.3, 0.4) is 0 Å². The standard InChI is InChI=1S/C20H27N5O5S2/c1-31(27,28)25(18-6-2-5-16(21)12-18)32(29,30)19-9-7-17(8-10-19)24-20(26)23-14-15-4-3-11-22-13-15/h3-4,7-11,13,16,18H,2,5-6,12,14,21H2,1H3,(H2,23,24,26). The van der Waals surface area contributed by atoms with E-state index >= 15 is 0 Å². The zero-order valence-electron chi connectivity index (χ0n) is 17.6. The minimum Gasteiger partial charge on any atom is -0.334 e. The first-order chi connectivity index (χ1) is 15.1. The molecule has 10 nitrogen and oxygen atoms in total. The van der Waals surface area contributed by atoms with Gasteiger partial charge in [0.05, 0.1) is 11.2 Å². The Bertz CT molecular complexity index is 1140. The maximum Gasteiger partial charge on any atom is 0.319 e. The second kappa shape index (κ2) is 9.94. The van der Waals surface area contributed by atoms with Crippen molar-refractivity contribution in [2.45, 2.75) is 49.2 Å². The largest absolute Gasteiger partial charge is 0.334 e. The molecule has 32 heavy (non-hydrogen) atoms. The van der Waals surface area contributed by atoms with Crippen LogP contribution in [0.2, 0.25) is 0 Å². The van der Waals surface area contributed by atoms with Crippen LogP contribution in [0.1, 0.15) is 31.2 Å². The summed E-state index contributed by atoms with van der Waals surface area (Å²) in [5.41, 5.74) is 7.14. The number of hydrogen-bond donors (Lipinski definition) is 3. The summed E-state index contributed by atoms with van der Waals surface area (Å²) >= 11 is 0. The molecule has 0 aliphatic heterocycles. The van der Waals surface area contributed by atoms with Crippen molar-refractivity contribution >= 4 is 31.8 Å². The van der Waals surface area contributed by atoms with Crippen molar-refractivity contribution in [3.05, 3.63) is 54.4 Å². The van der Waals surface area contributed by atoms with Crippen LogP contribution in [0.5, 0.6) is 0 Å². The lowest BCUT2D eigenvalue weighted by Crippen LogP contribution is -2.48. The van der Waals surface area contributed by atoms with Crippen LogP contribution in [-0.4, -0.2) is 49.9 Å². The molecule has 3 rings (SSSR count). The number of pyridine rings is 1. The van der Waals surface area contributed by atoms with Gasteiger partial charge in [0.1, 0.15) is 0 Å². The van der Waals surface area contributed by atoms with Crippen molar-refractivity contribution in [2.75, 3.05) is 11.6 Å². The van der Waals surface area contributed by atoms with Gasteiger partial charge in [0.25, 0.3) is 10.0 Å². The number of rotatable bonds is 7. The van der Waals surface area contributed by atoms with Gasteiger partial charge in [-0.25, -0.2) is 21.6 Å². The minimum absolute atomic E-state index is 0.177. The first-order valence-corrected chi connectivity index (χ1v) is 13.4. The number of anilines is 1. The number of nitrogens with zero attached hydrogens (tertiary/aromatic N) is 2.